The molecule has 4 aromatic rings. The molecule has 0 bridgehead atoms. The van der Waals surface area contributed by atoms with E-state index in [0.717, 1.165) is 79.3 Å². The number of ketones is 2. The second-order valence-corrected chi connectivity index (χ2v) is 13.2. The van der Waals surface area contributed by atoms with E-state index in [-0.39, 0.29) is 17.0 Å². The van der Waals surface area contributed by atoms with Crippen molar-refractivity contribution < 1.29 is 44.3 Å². The van der Waals surface area contributed by atoms with E-state index in [1.807, 2.05) is 86.9 Å². The lowest BCUT2D eigenvalue weighted by atomic mass is 10.0. The SMILES string of the molecule is CNCCCOc1cccc2c1Sc1ccccc1CC2=O.CNCCCOc1cccc2c1Sc1ccccc1CC2=O.O.O=C(O)C(=O)O. The third-order valence-electron chi connectivity index (χ3n) is 7.47. The monoisotopic (exact) mass is 734 g/mol. The van der Waals surface area contributed by atoms with Gasteiger partial charge in [-0.3, -0.25) is 9.59 Å². The number of fused-ring (bicyclic) bond motifs is 4. The van der Waals surface area contributed by atoms with Crippen LogP contribution in [0, 0.1) is 0 Å². The van der Waals surface area contributed by atoms with Crippen LogP contribution in [-0.4, -0.2) is 79.6 Å². The van der Waals surface area contributed by atoms with Gasteiger partial charge in [0.25, 0.3) is 0 Å². The van der Waals surface area contributed by atoms with Crippen LogP contribution < -0.4 is 20.1 Å². The van der Waals surface area contributed by atoms with Crippen LogP contribution in [-0.2, 0) is 22.4 Å². The normalized spacial score (nSPS) is 12.3. The van der Waals surface area contributed by atoms with Gasteiger partial charge in [0, 0.05) is 33.8 Å². The fraction of sp³-hybridized carbons (Fsp3) is 0.263. The van der Waals surface area contributed by atoms with Crippen LogP contribution >= 0.6 is 23.5 Å². The second-order valence-electron chi connectivity index (χ2n) is 11.1. The van der Waals surface area contributed by atoms with Crippen molar-refractivity contribution in [1.29, 1.82) is 0 Å². The van der Waals surface area contributed by atoms with Gasteiger partial charge in [-0.05, 0) is 87.6 Å². The first kappa shape index (κ1) is 40.8. The van der Waals surface area contributed by atoms with Crippen LogP contribution in [0.2, 0.25) is 0 Å². The molecule has 4 aromatic carbocycles. The average molecular weight is 735 g/mol. The molecule has 0 spiro atoms. The zero-order valence-corrected chi connectivity index (χ0v) is 30.0. The zero-order valence-electron chi connectivity index (χ0n) is 28.4. The maximum Gasteiger partial charge on any atom is 0.414 e. The average Bonchev–Trinajstić information content (AvgIpc) is 3.36. The van der Waals surface area contributed by atoms with E-state index in [1.54, 1.807) is 23.5 Å². The second kappa shape index (κ2) is 20.9. The fourth-order valence-electron chi connectivity index (χ4n) is 5.03. The van der Waals surface area contributed by atoms with Crippen molar-refractivity contribution in [2.24, 2.45) is 0 Å². The van der Waals surface area contributed by atoms with Crippen molar-refractivity contribution in [3.63, 3.8) is 0 Å². The number of aliphatic carboxylic acids is 2. The number of Topliss-reactive ketones (excluding diaryl/α,β-unsaturated/α-hetero) is 2. The molecule has 0 fully saturated rings. The molecule has 270 valence electrons. The Morgan fingerprint density at radius 2 is 1.02 bits per heavy atom. The minimum absolute atomic E-state index is 0. The molecule has 2 heterocycles. The van der Waals surface area contributed by atoms with Crippen LogP contribution in [0.25, 0.3) is 0 Å². The summed E-state index contributed by atoms with van der Waals surface area (Å²) in [5.41, 5.74) is 3.73. The number of carboxylic acids is 2. The van der Waals surface area contributed by atoms with Crippen LogP contribution in [0.3, 0.4) is 0 Å². The van der Waals surface area contributed by atoms with Gasteiger partial charge in [0.15, 0.2) is 11.6 Å². The van der Waals surface area contributed by atoms with E-state index in [0.29, 0.717) is 26.1 Å². The smallest absolute Gasteiger partial charge is 0.414 e. The Balaban J connectivity index is 0.000000234. The molecule has 11 nitrogen and oxygen atoms in total. The van der Waals surface area contributed by atoms with E-state index in [2.05, 4.69) is 22.8 Å². The Hall–Kier alpha value is -4.66. The quantitative estimate of drug-likeness (QED) is 0.119. The highest BCUT2D eigenvalue weighted by Crippen LogP contribution is 2.43. The molecule has 2 aliphatic heterocycles. The standard InChI is InChI=1S/2C18H19NO2S.C2H2O4.H2O/c2*1-19-10-5-11-21-16-8-4-7-14-15(20)12-13-6-2-3-9-17(13)22-18(14)16;3-1(4)2(5)6;/h2*2-4,6-9,19H,5,10-12H2,1H3;(H,3,4)(H,5,6);1H2. The maximum absolute atomic E-state index is 12.5. The summed E-state index contributed by atoms with van der Waals surface area (Å²) in [5, 5.41) is 21.0. The number of benzene rings is 4. The molecule has 0 atom stereocenters. The lowest BCUT2D eigenvalue weighted by Gasteiger charge is -2.13. The number of hydrogen-bond donors (Lipinski definition) is 4. The molecule has 0 aromatic heterocycles. The topological polar surface area (TPSA) is 183 Å². The fourth-order valence-corrected chi connectivity index (χ4v) is 7.34. The van der Waals surface area contributed by atoms with Gasteiger partial charge in [-0.2, -0.15) is 0 Å². The number of carbonyl (C=O) groups excluding carboxylic acids is 2. The molecule has 0 amide bonds. The van der Waals surface area contributed by atoms with Gasteiger partial charge >= 0.3 is 11.9 Å². The summed E-state index contributed by atoms with van der Waals surface area (Å²) in [6.45, 7) is 3.13. The number of nitrogens with one attached hydrogen (secondary N) is 2. The van der Waals surface area contributed by atoms with Gasteiger partial charge in [-0.25, -0.2) is 9.59 Å². The molecule has 0 aliphatic carbocycles. The molecule has 0 saturated heterocycles. The van der Waals surface area contributed by atoms with Crippen LogP contribution in [0.1, 0.15) is 44.7 Å². The summed E-state index contributed by atoms with van der Waals surface area (Å²) in [4.78, 5) is 47.4. The summed E-state index contributed by atoms with van der Waals surface area (Å²) in [7, 11) is 3.86. The van der Waals surface area contributed by atoms with Crippen LogP contribution in [0.15, 0.2) is 105 Å². The van der Waals surface area contributed by atoms with Gasteiger partial charge in [-0.1, -0.05) is 72.1 Å². The first-order chi connectivity index (χ1) is 24.2. The lowest BCUT2D eigenvalue weighted by molar-refractivity contribution is -0.159. The van der Waals surface area contributed by atoms with Gasteiger partial charge in [-0.15, -0.1) is 0 Å². The molecular weight excluding hydrogens is 693 g/mol. The molecule has 0 saturated carbocycles. The molecule has 6 N–H and O–H groups in total. The predicted molar refractivity (Wildman–Crippen MR) is 197 cm³/mol. The minimum atomic E-state index is -1.82. The van der Waals surface area contributed by atoms with Gasteiger partial charge in [0.2, 0.25) is 0 Å². The third kappa shape index (κ3) is 11.7. The van der Waals surface area contributed by atoms with E-state index in [1.165, 1.54) is 0 Å². The summed E-state index contributed by atoms with van der Waals surface area (Å²) in [5.74, 6) is -1.71. The van der Waals surface area contributed by atoms with Gasteiger partial charge in [0.05, 0.1) is 23.0 Å². The van der Waals surface area contributed by atoms with Crippen molar-refractivity contribution in [1.82, 2.24) is 10.6 Å². The van der Waals surface area contributed by atoms with E-state index in [4.69, 9.17) is 29.3 Å². The van der Waals surface area contributed by atoms with Crippen LogP contribution in [0.5, 0.6) is 11.5 Å². The highest BCUT2D eigenvalue weighted by Gasteiger charge is 2.24. The van der Waals surface area contributed by atoms with E-state index >= 15 is 0 Å². The zero-order chi connectivity index (χ0) is 35.9. The lowest BCUT2D eigenvalue weighted by Crippen LogP contribution is -2.12. The van der Waals surface area contributed by atoms with Crippen molar-refractivity contribution in [3.8, 4) is 11.5 Å². The number of ether oxygens (including phenoxy) is 2. The summed E-state index contributed by atoms with van der Waals surface area (Å²) >= 11 is 3.27. The van der Waals surface area contributed by atoms with Gasteiger partial charge < -0.3 is 35.8 Å². The van der Waals surface area contributed by atoms with Crippen molar-refractivity contribution in [2.75, 3.05) is 40.4 Å². The largest absolute Gasteiger partial charge is 0.492 e. The van der Waals surface area contributed by atoms with Crippen LogP contribution in [0.4, 0.5) is 0 Å². The number of hydrogen-bond acceptors (Lipinski definition) is 10. The highest BCUT2D eigenvalue weighted by atomic mass is 32.2. The molecule has 0 unspecified atom stereocenters. The molecule has 13 heteroatoms. The molecule has 0 radical (unpaired) electrons. The highest BCUT2D eigenvalue weighted by molar-refractivity contribution is 7.99. The van der Waals surface area contributed by atoms with Crippen molar-refractivity contribution in [2.45, 2.75) is 45.3 Å². The number of carboxylic acid groups (broad SMARTS) is 2. The first-order valence-corrected chi connectivity index (χ1v) is 17.7. The summed E-state index contributed by atoms with van der Waals surface area (Å²) in [6, 6.07) is 27.7. The third-order valence-corrected chi connectivity index (χ3v) is 9.96. The molecular formula is C38H42N2O9S2. The molecule has 51 heavy (non-hydrogen) atoms. The minimum Gasteiger partial charge on any atom is -0.492 e. The Kier molecular flexibility index (Phi) is 16.7. The summed E-state index contributed by atoms with van der Waals surface area (Å²) in [6.07, 6.45) is 2.80. The van der Waals surface area contributed by atoms with Crippen molar-refractivity contribution in [3.05, 3.63) is 107 Å². The number of carbonyl (C=O) groups is 4. The van der Waals surface area contributed by atoms with E-state index in [9.17, 15) is 9.59 Å². The molecule has 2 aliphatic rings. The Labute approximate surface area is 305 Å². The Bertz CT molecular complexity index is 1690. The molecule has 6 rings (SSSR count). The van der Waals surface area contributed by atoms with Crippen molar-refractivity contribution >= 4 is 47.0 Å². The number of rotatable bonds is 10. The first-order valence-electron chi connectivity index (χ1n) is 16.1. The summed E-state index contributed by atoms with van der Waals surface area (Å²) < 4.78 is 11.8. The maximum atomic E-state index is 12.5. The van der Waals surface area contributed by atoms with Gasteiger partial charge in [0.1, 0.15) is 11.5 Å². The van der Waals surface area contributed by atoms with E-state index < -0.39 is 11.9 Å². The Morgan fingerprint density at radius 3 is 1.39 bits per heavy atom. The predicted octanol–water partition coefficient (Wildman–Crippen LogP) is 5.46. The Morgan fingerprint density at radius 1 is 0.627 bits per heavy atom.